The van der Waals surface area contributed by atoms with Crippen molar-refractivity contribution in [1.82, 2.24) is 5.32 Å². The monoisotopic (exact) mass is 501 g/mol. The molecule has 3 aromatic carbocycles. The number of anilines is 2. The Hall–Kier alpha value is -3.22. The van der Waals surface area contributed by atoms with E-state index in [0.29, 0.717) is 16.2 Å². The first-order valence-electron chi connectivity index (χ1n) is 12.5. The number of thiocarbonyl (C=S) groups is 1. The summed E-state index contributed by atoms with van der Waals surface area (Å²) in [6.45, 7) is 12.0. The SMILES string of the molecule is CC(NC(=S)Nc1cccc(C(=O)c2ccc(C(C)(C)C)cc2)c1)c1ccc(N2CCOCC2)cc1. The van der Waals surface area contributed by atoms with E-state index in [1.165, 1.54) is 11.3 Å². The van der Waals surface area contributed by atoms with Crippen molar-refractivity contribution in [3.05, 3.63) is 95.1 Å². The number of nitrogens with one attached hydrogen (secondary N) is 2. The molecule has 0 bridgehead atoms. The molecule has 0 aromatic heterocycles. The summed E-state index contributed by atoms with van der Waals surface area (Å²) in [6.07, 6.45) is 0. The molecule has 5 nitrogen and oxygen atoms in total. The average Bonchev–Trinajstić information content (AvgIpc) is 2.88. The molecule has 3 aromatic rings. The van der Waals surface area contributed by atoms with Crippen LogP contribution >= 0.6 is 12.2 Å². The minimum atomic E-state index is -0.00767. The van der Waals surface area contributed by atoms with Gasteiger partial charge in [-0.05, 0) is 59.9 Å². The van der Waals surface area contributed by atoms with E-state index in [9.17, 15) is 4.79 Å². The van der Waals surface area contributed by atoms with Gasteiger partial charge >= 0.3 is 0 Å². The zero-order chi connectivity index (χ0) is 25.7. The number of benzene rings is 3. The lowest BCUT2D eigenvalue weighted by atomic mass is 9.86. The van der Waals surface area contributed by atoms with Gasteiger partial charge in [0.15, 0.2) is 10.9 Å². The maximum Gasteiger partial charge on any atom is 0.193 e. The predicted octanol–water partition coefficient (Wildman–Crippen LogP) is 6.10. The summed E-state index contributed by atoms with van der Waals surface area (Å²) < 4.78 is 5.44. The van der Waals surface area contributed by atoms with Crippen LogP contribution in [0.1, 0.15) is 60.8 Å². The second kappa shape index (κ2) is 11.2. The minimum absolute atomic E-state index is 0.00767. The first-order valence-corrected chi connectivity index (χ1v) is 12.9. The Bertz CT molecular complexity index is 1190. The van der Waals surface area contributed by atoms with Gasteiger partial charge in [0.05, 0.1) is 19.3 Å². The van der Waals surface area contributed by atoms with Crippen LogP contribution in [0.5, 0.6) is 0 Å². The molecule has 0 saturated carbocycles. The van der Waals surface area contributed by atoms with Gasteiger partial charge in [-0.25, -0.2) is 0 Å². The predicted molar refractivity (Wildman–Crippen MR) is 152 cm³/mol. The molecule has 1 aliphatic heterocycles. The van der Waals surface area contributed by atoms with Gasteiger partial charge in [0.25, 0.3) is 0 Å². The van der Waals surface area contributed by atoms with E-state index in [4.69, 9.17) is 17.0 Å². The van der Waals surface area contributed by atoms with E-state index >= 15 is 0 Å². The van der Waals surface area contributed by atoms with Gasteiger partial charge < -0.3 is 20.3 Å². The number of nitrogens with zero attached hydrogens (tertiary/aromatic N) is 1. The van der Waals surface area contributed by atoms with Gasteiger partial charge in [0.1, 0.15) is 0 Å². The molecule has 4 rings (SSSR count). The van der Waals surface area contributed by atoms with Gasteiger partial charge in [0, 0.05) is 35.6 Å². The average molecular weight is 502 g/mol. The number of ether oxygens (including phenoxy) is 1. The number of hydrogen-bond donors (Lipinski definition) is 2. The minimum Gasteiger partial charge on any atom is -0.378 e. The summed E-state index contributed by atoms with van der Waals surface area (Å²) in [5.74, 6) is -0.00767. The van der Waals surface area contributed by atoms with Gasteiger partial charge in [-0.3, -0.25) is 4.79 Å². The van der Waals surface area contributed by atoms with Crippen LogP contribution in [0.15, 0.2) is 72.8 Å². The second-order valence-corrected chi connectivity index (χ2v) is 10.7. The summed E-state index contributed by atoms with van der Waals surface area (Å²) in [7, 11) is 0. The zero-order valence-electron chi connectivity index (χ0n) is 21.5. The molecule has 36 heavy (non-hydrogen) atoms. The van der Waals surface area contributed by atoms with E-state index < -0.39 is 0 Å². The third-order valence-corrected chi connectivity index (χ3v) is 6.73. The van der Waals surface area contributed by atoms with Crippen LogP contribution in [0.3, 0.4) is 0 Å². The number of carbonyl (C=O) groups is 1. The van der Waals surface area contributed by atoms with Gasteiger partial charge in [-0.2, -0.15) is 0 Å². The molecular weight excluding hydrogens is 466 g/mol. The smallest absolute Gasteiger partial charge is 0.193 e. The molecule has 0 spiro atoms. The van der Waals surface area contributed by atoms with E-state index in [1.807, 2.05) is 48.5 Å². The molecule has 1 atom stereocenters. The fourth-order valence-corrected chi connectivity index (χ4v) is 4.56. The van der Waals surface area contributed by atoms with E-state index in [0.717, 1.165) is 37.6 Å². The number of carbonyl (C=O) groups excluding carboxylic acids is 1. The van der Waals surface area contributed by atoms with Gasteiger partial charge in [-0.1, -0.05) is 69.3 Å². The standard InChI is InChI=1S/C30H35N3O2S/c1-21(22-10-14-27(15-11-22)33-16-18-35-19-17-33)31-29(36)32-26-7-5-6-24(20-26)28(34)23-8-12-25(13-9-23)30(2,3)4/h5-15,20-21H,16-19H2,1-4H3,(H2,31,32,36). The summed E-state index contributed by atoms with van der Waals surface area (Å²) in [5.41, 5.74) is 5.70. The van der Waals surface area contributed by atoms with Crippen molar-refractivity contribution in [2.24, 2.45) is 0 Å². The van der Waals surface area contributed by atoms with Gasteiger partial charge in [-0.15, -0.1) is 0 Å². The van der Waals surface area contributed by atoms with Crippen molar-refractivity contribution in [2.75, 3.05) is 36.5 Å². The maximum absolute atomic E-state index is 13.1. The van der Waals surface area contributed by atoms with Crippen LogP contribution in [0, 0.1) is 0 Å². The Morgan fingerprint density at radius 1 is 0.944 bits per heavy atom. The Balaban J connectivity index is 1.36. The van der Waals surface area contributed by atoms with Crippen LogP contribution in [0.2, 0.25) is 0 Å². The highest BCUT2D eigenvalue weighted by Gasteiger charge is 2.16. The second-order valence-electron chi connectivity index (χ2n) is 10.2. The summed E-state index contributed by atoms with van der Waals surface area (Å²) >= 11 is 5.56. The molecule has 1 aliphatic rings. The largest absolute Gasteiger partial charge is 0.378 e. The molecule has 2 N–H and O–H groups in total. The fourth-order valence-electron chi connectivity index (χ4n) is 4.27. The quantitative estimate of drug-likeness (QED) is 0.314. The Morgan fingerprint density at radius 2 is 1.61 bits per heavy atom. The molecule has 1 heterocycles. The van der Waals surface area contributed by atoms with Crippen molar-refractivity contribution in [3.63, 3.8) is 0 Å². The van der Waals surface area contributed by atoms with E-state index in [1.54, 1.807) is 0 Å². The highest BCUT2D eigenvalue weighted by molar-refractivity contribution is 7.80. The molecule has 6 heteroatoms. The third kappa shape index (κ3) is 6.50. The van der Waals surface area contributed by atoms with Crippen LogP contribution in [-0.2, 0) is 10.2 Å². The highest BCUT2D eigenvalue weighted by atomic mass is 32.1. The van der Waals surface area contributed by atoms with Crippen molar-refractivity contribution in [3.8, 4) is 0 Å². The van der Waals surface area contributed by atoms with E-state index in [2.05, 4.69) is 67.5 Å². The maximum atomic E-state index is 13.1. The Kier molecular flexibility index (Phi) is 8.07. The Morgan fingerprint density at radius 3 is 2.25 bits per heavy atom. The fraction of sp³-hybridized carbons (Fsp3) is 0.333. The highest BCUT2D eigenvalue weighted by Crippen LogP contribution is 2.24. The molecule has 1 unspecified atom stereocenters. The zero-order valence-corrected chi connectivity index (χ0v) is 22.3. The third-order valence-electron chi connectivity index (χ3n) is 6.51. The number of rotatable bonds is 6. The van der Waals surface area contributed by atoms with Crippen molar-refractivity contribution in [2.45, 2.75) is 39.2 Å². The molecular formula is C30H35N3O2S. The van der Waals surface area contributed by atoms with Crippen LogP contribution in [0.25, 0.3) is 0 Å². The summed E-state index contributed by atoms with van der Waals surface area (Å²) in [4.78, 5) is 15.4. The lowest BCUT2D eigenvalue weighted by molar-refractivity contribution is 0.103. The number of ketones is 1. The van der Waals surface area contributed by atoms with Crippen molar-refractivity contribution < 1.29 is 9.53 Å². The lowest BCUT2D eigenvalue weighted by Gasteiger charge is -2.29. The van der Waals surface area contributed by atoms with Crippen molar-refractivity contribution in [1.29, 1.82) is 0 Å². The van der Waals surface area contributed by atoms with Crippen LogP contribution in [0.4, 0.5) is 11.4 Å². The molecule has 0 amide bonds. The normalized spacial score (nSPS) is 14.7. The first kappa shape index (κ1) is 25.9. The van der Waals surface area contributed by atoms with Crippen LogP contribution in [-0.4, -0.2) is 37.2 Å². The van der Waals surface area contributed by atoms with Crippen LogP contribution < -0.4 is 15.5 Å². The molecule has 1 saturated heterocycles. The topological polar surface area (TPSA) is 53.6 Å². The number of hydrogen-bond acceptors (Lipinski definition) is 4. The molecule has 1 fully saturated rings. The Labute approximate surface area is 219 Å². The van der Waals surface area contributed by atoms with Crippen molar-refractivity contribution >= 4 is 34.5 Å². The molecule has 0 radical (unpaired) electrons. The lowest BCUT2D eigenvalue weighted by Crippen LogP contribution is -2.36. The van der Waals surface area contributed by atoms with Gasteiger partial charge in [0.2, 0.25) is 0 Å². The number of morpholine rings is 1. The molecule has 0 aliphatic carbocycles. The summed E-state index contributed by atoms with van der Waals surface area (Å²) in [6, 6.07) is 23.9. The first-order chi connectivity index (χ1) is 17.2. The summed E-state index contributed by atoms with van der Waals surface area (Å²) in [5, 5.41) is 7.09. The molecule has 188 valence electrons. The van der Waals surface area contributed by atoms with E-state index in [-0.39, 0.29) is 17.2 Å².